The second-order valence-electron chi connectivity index (χ2n) is 3.81. The number of amides is 1. The molecule has 1 aromatic rings. The molecule has 80 valence electrons. The van der Waals surface area contributed by atoms with Crippen molar-refractivity contribution in [2.45, 2.75) is 6.92 Å². The Bertz CT molecular complexity index is 379. The summed E-state index contributed by atoms with van der Waals surface area (Å²) in [6.07, 6.45) is 0. The van der Waals surface area contributed by atoms with E-state index in [1.807, 2.05) is 31.2 Å². The van der Waals surface area contributed by atoms with E-state index in [2.05, 4.69) is 5.43 Å². The SMILES string of the molecule is Cc1cccc(N2CC(CO)C(=O)N2)c1. The maximum atomic E-state index is 11.4. The molecule has 1 amide bonds. The molecule has 0 aromatic heterocycles. The Labute approximate surface area is 88.5 Å². The number of aryl methyl sites for hydroxylation is 1. The first-order valence-corrected chi connectivity index (χ1v) is 4.96. The van der Waals surface area contributed by atoms with E-state index in [0.29, 0.717) is 6.54 Å². The molecule has 0 radical (unpaired) electrons. The van der Waals surface area contributed by atoms with Crippen molar-refractivity contribution in [3.8, 4) is 0 Å². The predicted molar refractivity (Wildman–Crippen MR) is 57.2 cm³/mol. The van der Waals surface area contributed by atoms with Gasteiger partial charge in [0.15, 0.2) is 0 Å². The van der Waals surface area contributed by atoms with Gasteiger partial charge in [-0.15, -0.1) is 0 Å². The van der Waals surface area contributed by atoms with Crippen molar-refractivity contribution in [1.29, 1.82) is 0 Å². The number of nitrogens with zero attached hydrogens (tertiary/aromatic N) is 1. The standard InChI is InChI=1S/C11H14N2O2/c1-8-3-2-4-10(5-8)13-6-9(7-14)11(15)12-13/h2-5,9,14H,6-7H2,1H3,(H,12,15). The number of hydrogen-bond donors (Lipinski definition) is 2. The minimum Gasteiger partial charge on any atom is -0.395 e. The lowest BCUT2D eigenvalue weighted by Gasteiger charge is -2.17. The summed E-state index contributed by atoms with van der Waals surface area (Å²) in [6.45, 7) is 2.43. The average molecular weight is 206 g/mol. The smallest absolute Gasteiger partial charge is 0.245 e. The van der Waals surface area contributed by atoms with Gasteiger partial charge in [-0.1, -0.05) is 12.1 Å². The van der Waals surface area contributed by atoms with Crippen molar-refractivity contribution in [3.63, 3.8) is 0 Å². The van der Waals surface area contributed by atoms with Gasteiger partial charge in [0.25, 0.3) is 0 Å². The molecule has 4 nitrogen and oxygen atoms in total. The molecule has 4 heteroatoms. The number of aliphatic hydroxyl groups excluding tert-OH is 1. The quantitative estimate of drug-likeness (QED) is 0.739. The summed E-state index contributed by atoms with van der Waals surface area (Å²) < 4.78 is 0. The summed E-state index contributed by atoms with van der Waals surface area (Å²) in [5.41, 5.74) is 4.84. The van der Waals surface area contributed by atoms with Gasteiger partial charge in [0.05, 0.1) is 24.8 Å². The fraction of sp³-hybridized carbons (Fsp3) is 0.364. The molecule has 0 bridgehead atoms. The third-order valence-electron chi connectivity index (χ3n) is 2.55. The van der Waals surface area contributed by atoms with E-state index < -0.39 is 0 Å². The first kappa shape index (κ1) is 9.98. The second kappa shape index (κ2) is 3.90. The number of anilines is 1. The number of hydrogen-bond acceptors (Lipinski definition) is 3. The van der Waals surface area contributed by atoms with Crippen LogP contribution in [0.4, 0.5) is 5.69 Å². The normalized spacial score (nSPS) is 20.5. The number of nitrogens with one attached hydrogen (secondary N) is 1. The minimum atomic E-state index is -0.314. The van der Waals surface area contributed by atoms with Crippen LogP contribution >= 0.6 is 0 Å². The Morgan fingerprint density at radius 1 is 1.60 bits per heavy atom. The van der Waals surface area contributed by atoms with Crippen LogP contribution in [-0.4, -0.2) is 24.2 Å². The van der Waals surface area contributed by atoms with Crippen molar-refractivity contribution >= 4 is 11.6 Å². The number of carbonyl (C=O) groups excluding carboxylic acids is 1. The Balaban J connectivity index is 2.17. The van der Waals surface area contributed by atoms with Crippen LogP contribution in [0.5, 0.6) is 0 Å². The maximum Gasteiger partial charge on any atom is 0.245 e. The van der Waals surface area contributed by atoms with Crippen LogP contribution in [0.1, 0.15) is 5.56 Å². The average Bonchev–Trinajstić information content (AvgIpc) is 2.60. The maximum absolute atomic E-state index is 11.4. The fourth-order valence-corrected chi connectivity index (χ4v) is 1.68. The molecular formula is C11H14N2O2. The number of benzene rings is 1. The molecule has 1 atom stereocenters. The van der Waals surface area contributed by atoms with Crippen LogP contribution in [0.3, 0.4) is 0 Å². The molecule has 0 aliphatic carbocycles. The van der Waals surface area contributed by atoms with Crippen molar-refractivity contribution in [3.05, 3.63) is 29.8 Å². The highest BCUT2D eigenvalue weighted by Crippen LogP contribution is 2.19. The zero-order valence-corrected chi connectivity index (χ0v) is 8.60. The van der Waals surface area contributed by atoms with Crippen LogP contribution in [0.15, 0.2) is 24.3 Å². The Morgan fingerprint density at radius 2 is 2.40 bits per heavy atom. The summed E-state index contributed by atoms with van der Waals surface area (Å²) in [7, 11) is 0. The summed E-state index contributed by atoms with van der Waals surface area (Å²) in [5.74, 6) is -0.426. The molecule has 1 heterocycles. The van der Waals surface area contributed by atoms with Crippen molar-refractivity contribution < 1.29 is 9.90 Å². The van der Waals surface area contributed by atoms with Gasteiger partial charge in [0, 0.05) is 0 Å². The predicted octanol–water partition coefficient (Wildman–Crippen LogP) is 0.455. The Kier molecular flexibility index (Phi) is 2.60. The topological polar surface area (TPSA) is 52.6 Å². The lowest BCUT2D eigenvalue weighted by molar-refractivity contribution is -0.123. The molecule has 1 fully saturated rings. The highest BCUT2D eigenvalue weighted by Gasteiger charge is 2.29. The summed E-state index contributed by atoms with van der Waals surface area (Å²) in [4.78, 5) is 11.4. The lowest BCUT2D eigenvalue weighted by atomic mass is 10.1. The number of hydrazine groups is 1. The van der Waals surface area contributed by atoms with E-state index in [1.54, 1.807) is 5.01 Å². The van der Waals surface area contributed by atoms with Crippen molar-refractivity contribution in [2.24, 2.45) is 5.92 Å². The number of aliphatic hydroxyl groups is 1. The zero-order chi connectivity index (χ0) is 10.8. The van der Waals surface area contributed by atoms with E-state index in [-0.39, 0.29) is 18.4 Å². The number of carbonyl (C=O) groups is 1. The minimum absolute atomic E-state index is 0.103. The largest absolute Gasteiger partial charge is 0.395 e. The molecule has 1 aliphatic rings. The Morgan fingerprint density at radius 3 is 3.00 bits per heavy atom. The molecule has 0 saturated carbocycles. The van der Waals surface area contributed by atoms with E-state index in [9.17, 15) is 4.79 Å². The zero-order valence-electron chi connectivity index (χ0n) is 8.60. The molecule has 1 aliphatic heterocycles. The first-order chi connectivity index (χ1) is 7.20. The second-order valence-corrected chi connectivity index (χ2v) is 3.81. The molecule has 0 spiro atoms. The van der Waals surface area contributed by atoms with Gasteiger partial charge in [-0.25, -0.2) is 0 Å². The van der Waals surface area contributed by atoms with Crippen LogP contribution < -0.4 is 10.4 Å². The van der Waals surface area contributed by atoms with Crippen LogP contribution in [0, 0.1) is 12.8 Å². The monoisotopic (exact) mass is 206 g/mol. The third kappa shape index (κ3) is 1.94. The van der Waals surface area contributed by atoms with Crippen LogP contribution in [0.2, 0.25) is 0 Å². The molecule has 2 rings (SSSR count). The fourth-order valence-electron chi connectivity index (χ4n) is 1.68. The van der Waals surface area contributed by atoms with Crippen molar-refractivity contribution in [2.75, 3.05) is 18.2 Å². The highest BCUT2D eigenvalue weighted by atomic mass is 16.3. The van der Waals surface area contributed by atoms with Gasteiger partial charge in [-0.05, 0) is 24.6 Å². The van der Waals surface area contributed by atoms with E-state index in [0.717, 1.165) is 11.3 Å². The summed E-state index contributed by atoms with van der Waals surface area (Å²) >= 11 is 0. The van der Waals surface area contributed by atoms with Gasteiger partial charge in [-0.3, -0.25) is 15.2 Å². The van der Waals surface area contributed by atoms with Crippen LogP contribution in [-0.2, 0) is 4.79 Å². The van der Waals surface area contributed by atoms with Gasteiger partial charge in [0.1, 0.15) is 0 Å². The summed E-state index contributed by atoms with van der Waals surface area (Å²) in [5, 5.41) is 10.7. The van der Waals surface area contributed by atoms with E-state index >= 15 is 0 Å². The molecule has 2 N–H and O–H groups in total. The molecular weight excluding hydrogens is 192 g/mol. The van der Waals surface area contributed by atoms with E-state index in [4.69, 9.17) is 5.11 Å². The molecule has 1 saturated heterocycles. The van der Waals surface area contributed by atoms with Gasteiger partial charge < -0.3 is 5.11 Å². The van der Waals surface area contributed by atoms with Gasteiger partial charge >= 0.3 is 0 Å². The lowest BCUT2D eigenvalue weighted by Crippen LogP contribution is -2.32. The molecule has 1 aromatic carbocycles. The van der Waals surface area contributed by atoms with Gasteiger partial charge in [0.2, 0.25) is 5.91 Å². The number of rotatable bonds is 2. The third-order valence-corrected chi connectivity index (χ3v) is 2.55. The molecule has 15 heavy (non-hydrogen) atoms. The Hall–Kier alpha value is -1.55. The first-order valence-electron chi connectivity index (χ1n) is 4.96. The summed E-state index contributed by atoms with van der Waals surface area (Å²) in [6, 6.07) is 7.89. The van der Waals surface area contributed by atoms with Crippen LogP contribution in [0.25, 0.3) is 0 Å². The molecule has 1 unspecified atom stereocenters. The van der Waals surface area contributed by atoms with Gasteiger partial charge in [-0.2, -0.15) is 0 Å². The van der Waals surface area contributed by atoms with Crippen molar-refractivity contribution in [1.82, 2.24) is 5.43 Å². The van der Waals surface area contributed by atoms with E-state index in [1.165, 1.54) is 0 Å². The highest BCUT2D eigenvalue weighted by molar-refractivity contribution is 5.84.